The second-order valence-corrected chi connectivity index (χ2v) is 7.66. The number of amides is 1. The monoisotopic (exact) mass is 455 g/mol. The third kappa shape index (κ3) is 5.65. The summed E-state index contributed by atoms with van der Waals surface area (Å²) in [6.45, 7) is 2.24. The average Bonchev–Trinajstić information content (AvgIpc) is 3.42. The van der Waals surface area contributed by atoms with Crippen molar-refractivity contribution in [3.05, 3.63) is 54.2 Å². The van der Waals surface area contributed by atoms with Gasteiger partial charge in [-0.2, -0.15) is 13.2 Å². The molecular weight excluding hydrogens is 431 g/mol. The van der Waals surface area contributed by atoms with Gasteiger partial charge >= 0.3 is 12.1 Å². The third-order valence-corrected chi connectivity index (χ3v) is 5.49. The first-order valence-corrected chi connectivity index (χ1v) is 10.0. The zero-order valence-corrected chi connectivity index (χ0v) is 17.4. The van der Waals surface area contributed by atoms with Crippen molar-refractivity contribution in [2.45, 2.75) is 43.8 Å². The van der Waals surface area contributed by atoms with Gasteiger partial charge in [-0.3, -0.25) is 14.7 Å². The number of carboxylic acid groups (broad SMARTS) is 1. The molecule has 1 N–H and O–H groups in total. The molecule has 8 nitrogen and oxygen atoms in total. The topological polar surface area (TPSA) is 96.1 Å². The van der Waals surface area contributed by atoms with E-state index in [1.807, 2.05) is 17.2 Å². The van der Waals surface area contributed by atoms with Crippen molar-refractivity contribution in [2.24, 2.45) is 0 Å². The van der Waals surface area contributed by atoms with Gasteiger partial charge in [0.2, 0.25) is 0 Å². The van der Waals surface area contributed by atoms with E-state index in [0.29, 0.717) is 12.1 Å². The number of ether oxygens (including phenoxy) is 1. The Balaban J connectivity index is 0.000000360. The second-order valence-electron chi connectivity index (χ2n) is 7.66. The minimum atomic E-state index is -5.08. The standard InChI is InChI=1S/C19H23N3O3.C2HF3O2/c1-21(11-14-4-2-7-20-10-14)17-12-22(16-5-3-8-25-18(16)17)19(23)15-6-9-24-13-15;3-2(4,5)1(6)7/h2,4,6-7,9-10,13,16-18H,3,5,8,11-12H2,1H3;(H,6,7)/t16-,17-,18+;/m1./s1. The Kier molecular flexibility index (Phi) is 7.52. The van der Waals surface area contributed by atoms with Crippen LogP contribution in [0.5, 0.6) is 0 Å². The number of likely N-dealkylation sites (tertiary alicyclic amines) is 1. The molecule has 4 heterocycles. The van der Waals surface area contributed by atoms with Crippen molar-refractivity contribution < 1.29 is 37.0 Å². The molecule has 0 unspecified atom stereocenters. The second kappa shape index (κ2) is 10.1. The summed E-state index contributed by atoms with van der Waals surface area (Å²) in [5.74, 6) is -2.72. The van der Waals surface area contributed by atoms with Crippen LogP contribution in [0.2, 0.25) is 0 Å². The predicted octanol–water partition coefficient (Wildman–Crippen LogP) is 2.81. The Labute approximate surface area is 182 Å². The molecule has 3 atom stereocenters. The molecule has 2 aromatic rings. The lowest BCUT2D eigenvalue weighted by Crippen LogP contribution is -2.46. The maximum Gasteiger partial charge on any atom is 0.490 e. The van der Waals surface area contributed by atoms with Gasteiger partial charge in [0.25, 0.3) is 5.91 Å². The number of likely N-dealkylation sites (N-methyl/N-ethyl adjacent to an activating group) is 1. The van der Waals surface area contributed by atoms with Crippen LogP contribution in [0.25, 0.3) is 0 Å². The number of fused-ring (bicyclic) bond motifs is 1. The first-order valence-electron chi connectivity index (χ1n) is 10.0. The summed E-state index contributed by atoms with van der Waals surface area (Å²) in [5, 5.41) is 7.12. The van der Waals surface area contributed by atoms with E-state index in [4.69, 9.17) is 19.1 Å². The smallest absolute Gasteiger partial charge is 0.475 e. The molecule has 4 rings (SSSR count). The molecule has 2 aromatic heterocycles. The largest absolute Gasteiger partial charge is 0.490 e. The van der Waals surface area contributed by atoms with Crippen molar-refractivity contribution >= 4 is 11.9 Å². The van der Waals surface area contributed by atoms with Gasteiger partial charge in [0, 0.05) is 32.1 Å². The zero-order chi connectivity index (χ0) is 23.3. The van der Waals surface area contributed by atoms with Crippen molar-refractivity contribution in [1.82, 2.24) is 14.8 Å². The summed E-state index contributed by atoms with van der Waals surface area (Å²) in [5.41, 5.74) is 1.77. The highest BCUT2D eigenvalue weighted by molar-refractivity contribution is 5.94. The number of aliphatic carboxylic acids is 1. The highest BCUT2D eigenvalue weighted by atomic mass is 19.4. The van der Waals surface area contributed by atoms with Crippen LogP contribution in [0, 0.1) is 0 Å². The first kappa shape index (κ1) is 23.7. The van der Waals surface area contributed by atoms with E-state index < -0.39 is 12.1 Å². The molecule has 32 heavy (non-hydrogen) atoms. The molecule has 0 spiro atoms. The SMILES string of the molecule is CN(Cc1cccnc1)[C@@H]1CN(C(=O)c2ccoc2)[C@@H]2CCCO[C@H]12.O=C(O)C(F)(F)F. The predicted molar refractivity (Wildman–Crippen MR) is 106 cm³/mol. The van der Waals surface area contributed by atoms with E-state index in [9.17, 15) is 18.0 Å². The van der Waals surface area contributed by atoms with Crippen LogP contribution in [0.1, 0.15) is 28.8 Å². The quantitative estimate of drug-likeness (QED) is 0.757. The number of aromatic nitrogens is 1. The van der Waals surface area contributed by atoms with E-state index in [-0.39, 0.29) is 24.1 Å². The molecule has 0 saturated carbocycles. The fourth-order valence-corrected chi connectivity index (χ4v) is 4.00. The molecule has 0 radical (unpaired) electrons. The van der Waals surface area contributed by atoms with Crippen LogP contribution in [-0.2, 0) is 16.1 Å². The Hall–Kier alpha value is -2.92. The van der Waals surface area contributed by atoms with E-state index in [1.54, 1.807) is 18.5 Å². The number of hydrogen-bond donors (Lipinski definition) is 1. The molecule has 1 amide bonds. The lowest BCUT2D eigenvalue weighted by Gasteiger charge is -2.34. The molecule has 2 fully saturated rings. The van der Waals surface area contributed by atoms with E-state index in [2.05, 4.69) is 23.0 Å². The minimum Gasteiger partial charge on any atom is -0.475 e. The van der Waals surface area contributed by atoms with Crippen molar-refractivity contribution in [3.8, 4) is 0 Å². The van der Waals surface area contributed by atoms with E-state index in [0.717, 1.165) is 31.6 Å². The van der Waals surface area contributed by atoms with Crippen LogP contribution in [-0.4, -0.2) is 76.3 Å². The molecule has 2 aliphatic rings. The lowest BCUT2D eigenvalue weighted by molar-refractivity contribution is -0.192. The Morgan fingerprint density at radius 1 is 1.34 bits per heavy atom. The Morgan fingerprint density at radius 3 is 2.69 bits per heavy atom. The highest BCUT2D eigenvalue weighted by Gasteiger charge is 2.47. The van der Waals surface area contributed by atoms with Gasteiger partial charge in [-0.05, 0) is 37.6 Å². The van der Waals surface area contributed by atoms with Crippen LogP contribution in [0.15, 0.2) is 47.5 Å². The number of carboxylic acids is 1. The number of furan rings is 1. The van der Waals surface area contributed by atoms with Crippen molar-refractivity contribution in [2.75, 3.05) is 20.2 Å². The summed E-state index contributed by atoms with van der Waals surface area (Å²) in [6, 6.07) is 6.07. The van der Waals surface area contributed by atoms with Gasteiger partial charge in [-0.25, -0.2) is 4.79 Å². The molecule has 0 aliphatic carbocycles. The van der Waals surface area contributed by atoms with Crippen LogP contribution in [0.4, 0.5) is 13.2 Å². The lowest BCUT2D eigenvalue weighted by atomic mass is 10.00. The zero-order valence-electron chi connectivity index (χ0n) is 17.4. The Bertz CT molecular complexity index is 892. The summed E-state index contributed by atoms with van der Waals surface area (Å²) in [6.07, 6.45) is 3.70. The summed E-state index contributed by atoms with van der Waals surface area (Å²) in [4.78, 5) is 30.2. The number of carbonyl (C=O) groups is 2. The Morgan fingerprint density at radius 2 is 2.09 bits per heavy atom. The van der Waals surface area contributed by atoms with Gasteiger partial charge in [0.05, 0.1) is 30.0 Å². The summed E-state index contributed by atoms with van der Waals surface area (Å²) >= 11 is 0. The number of nitrogens with zero attached hydrogens (tertiary/aromatic N) is 3. The van der Waals surface area contributed by atoms with Crippen LogP contribution >= 0.6 is 0 Å². The number of carbonyl (C=O) groups excluding carboxylic acids is 1. The summed E-state index contributed by atoms with van der Waals surface area (Å²) < 4.78 is 42.9. The number of rotatable bonds is 4. The van der Waals surface area contributed by atoms with Gasteiger partial charge in [-0.15, -0.1) is 0 Å². The van der Waals surface area contributed by atoms with Crippen molar-refractivity contribution in [1.29, 1.82) is 0 Å². The molecule has 174 valence electrons. The molecule has 11 heteroatoms. The number of alkyl halides is 3. The number of halogens is 3. The van der Waals surface area contributed by atoms with E-state index >= 15 is 0 Å². The van der Waals surface area contributed by atoms with Gasteiger partial charge in [0.1, 0.15) is 6.26 Å². The van der Waals surface area contributed by atoms with Crippen molar-refractivity contribution in [3.63, 3.8) is 0 Å². The molecule has 2 aliphatic heterocycles. The van der Waals surface area contributed by atoms with Gasteiger partial charge < -0.3 is 19.2 Å². The van der Waals surface area contributed by atoms with Crippen LogP contribution in [0.3, 0.4) is 0 Å². The first-order chi connectivity index (χ1) is 15.2. The third-order valence-electron chi connectivity index (χ3n) is 5.49. The molecular formula is C21H24F3N3O5. The maximum atomic E-state index is 12.9. The molecule has 0 aromatic carbocycles. The van der Waals surface area contributed by atoms with Gasteiger partial charge in [-0.1, -0.05) is 6.07 Å². The maximum absolute atomic E-state index is 12.9. The average molecular weight is 455 g/mol. The van der Waals surface area contributed by atoms with Gasteiger partial charge in [0.15, 0.2) is 0 Å². The number of hydrogen-bond acceptors (Lipinski definition) is 6. The normalized spacial score (nSPS) is 22.8. The van der Waals surface area contributed by atoms with E-state index in [1.165, 1.54) is 6.26 Å². The minimum absolute atomic E-state index is 0.0338. The highest BCUT2D eigenvalue weighted by Crippen LogP contribution is 2.33. The van der Waals surface area contributed by atoms with Crippen LogP contribution < -0.4 is 0 Å². The molecule has 2 saturated heterocycles. The summed E-state index contributed by atoms with van der Waals surface area (Å²) in [7, 11) is 2.10. The fourth-order valence-electron chi connectivity index (χ4n) is 4.00. The number of pyridine rings is 1. The fraction of sp³-hybridized carbons (Fsp3) is 0.476. The molecule has 0 bridgehead atoms.